The van der Waals surface area contributed by atoms with E-state index in [-0.39, 0.29) is 11.8 Å². The van der Waals surface area contributed by atoms with Crippen LogP contribution in [-0.4, -0.2) is 59.5 Å². The van der Waals surface area contributed by atoms with E-state index in [1.165, 1.54) is 27.7 Å². The van der Waals surface area contributed by atoms with Crippen molar-refractivity contribution in [3.8, 4) is 0 Å². The van der Waals surface area contributed by atoms with E-state index in [0.717, 1.165) is 5.57 Å². The zero-order valence-electron chi connectivity index (χ0n) is 23.0. The molecule has 3 fully saturated rings. The molecule has 0 unspecified atom stereocenters. The van der Waals surface area contributed by atoms with Crippen LogP contribution < -0.4 is 0 Å². The van der Waals surface area contributed by atoms with E-state index in [4.69, 9.17) is 23.7 Å². The Balaban J connectivity index is 2.17. The largest absolute Gasteiger partial charge is 0.462 e. The van der Waals surface area contributed by atoms with Crippen molar-refractivity contribution in [1.29, 1.82) is 0 Å². The van der Waals surface area contributed by atoms with Gasteiger partial charge in [-0.3, -0.25) is 19.2 Å². The average Bonchev–Trinajstić information content (AvgIpc) is 3.09. The number of ether oxygens (including phenoxy) is 5. The first-order valence-corrected chi connectivity index (χ1v) is 12.8. The highest BCUT2D eigenvalue weighted by atomic mass is 16.6. The van der Waals surface area contributed by atoms with Crippen LogP contribution in [0, 0.1) is 17.8 Å². The number of carbonyl (C=O) groups excluding carboxylic acids is 4. The molecule has 0 aromatic rings. The summed E-state index contributed by atoms with van der Waals surface area (Å²) in [4.78, 5) is 48.4. The van der Waals surface area contributed by atoms with Gasteiger partial charge in [0, 0.05) is 51.9 Å². The summed E-state index contributed by atoms with van der Waals surface area (Å²) in [6.45, 7) is 19.3. The normalized spacial score (nSPS) is 35.8. The van der Waals surface area contributed by atoms with Crippen LogP contribution in [0.2, 0.25) is 0 Å². The van der Waals surface area contributed by atoms with Crippen molar-refractivity contribution in [2.75, 3.05) is 0 Å². The molecule has 37 heavy (non-hydrogen) atoms. The third-order valence-electron chi connectivity index (χ3n) is 7.87. The lowest BCUT2D eigenvalue weighted by molar-refractivity contribution is -0.196. The molecule has 0 amide bonds. The molecule has 0 aromatic heterocycles. The molecule has 0 radical (unpaired) electrons. The molecule has 2 saturated heterocycles. The molecule has 2 bridgehead atoms. The van der Waals surface area contributed by atoms with Crippen molar-refractivity contribution < 1.29 is 42.9 Å². The van der Waals surface area contributed by atoms with Gasteiger partial charge in [-0.15, -0.1) is 0 Å². The molecule has 206 valence electrons. The highest BCUT2D eigenvalue weighted by Gasteiger charge is 2.64. The van der Waals surface area contributed by atoms with E-state index < -0.39 is 65.4 Å². The Labute approximate surface area is 218 Å². The highest BCUT2D eigenvalue weighted by molar-refractivity contribution is 5.68. The van der Waals surface area contributed by atoms with Gasteiger partial charge in [-0.25, -0.2) is 0 Å². The third kappa shape index (κ3) is 6.08. The highest BCUT2D eigenvalue weighted by Crippen LogP contribution is 2.57. The van der Waals surface area contributed by atoms with E-state index in [0.29, 0.717) is 31.3 Å². The molecule has 0 spiro atoms. The minimum atomic E-state index is -1.12. The fourth-order valence-electron chi connectivity index (χ4n) is 6.85. The average molecular weight is 521 g/mol. The number of esters is 4. The van der Waals surface area contributed by atoms with Crippen LogP contribution in [0.25, 0.3) is 0 Å². The number of fused-ring (bicyclic) bond motifs is 5. The fraction of sp³-hybridized carbons (Fsp3) is 0.714. The molecule has 2 heterocycles. The van der Waals surface area contributed by atoms with Crippen LogP contribution in [0.4, 0.5) is 0 Å². The molecule has 9 nitrogen and oxygen atoms in total. The van der Waals surface area contributed by atoms with Gasteiger partial charge in [-0.1, -0.05) is 18.7 Å². The summed E-state index contributed by atoms with van der Waals surface area (Å²) in [5, 5.41) is 0. The zero-order valence-corrected chi connectivity index (χ0v) is 23.0. The molecule has 0 N–H and O–H groups in total. The Morgan fingerprint density at radius 3 is 2.08 bits per heavy atom. The van der Waals surface area contributed by atoms with Gasteiger partial charge in [0.05, 0.1) is 6.10 Å². The molecular weight excluding hydrogens is 480 g/mol. The fourth-order valence-corrected chi connectivity index (χ4v) is 6.85. The predicted molar refractivity (Wildman–Crippen MR) is 133 cm³/mol. The monoisotopic (exact) mass is 520 g/mol. The maximum atomic E-state index is 12.3. The summed E-state index contributed by atoms with van der Waals surface area (Å²) >= 11 is 0. The van der Waals surface area contributed by atoms with E-state index in [1.807, 2.05) is 6.92 Å². The van der Waals surface area contributed by atoms with Crippen molar-refractivity contribution in [2.24, 2.45) is 17.8 Å². The Hall–Kier alpha value is -2.68. The van der Waals surface area contributed by atoms with Crippen LogP contribution in [0.1, 0.15) is 74.1 Å². The lowest BCUT2D eigenvalue weighted by Gasteiger charge is -2.50. The van der Waals surface area contributed by atoms with Gasteiger partial charge < -0.3 is 23.7 Å². The summed E-state index contributed by atoms with van der Waals surface area (Å²) < 4.78 is 29.8. The van der Waals surface area contributed by atoms with Crippen molar-refractivity contribution in [1.82, 2.24) is 0 Å². The number of hydrogen-bond donors (Lipinski definition) is 0. The molecule has 3 aliphatic rings. The second-order valence-electron chi connectivity index (χ2n) is 11.3. The SMILES string of the molecule is C=C1C[C@@H](OC(C)=O)[C@H](C(C)(C)OC(C)=O)[C@@H]2[C@H]1[C@@H]1CC(=C)[C@@H](OC(C)=O)CC[C@@](C)(OC(C)=O)[C@@H]2O1. The lowest BCUT2D eigenvalue weighted by Crippen LogP contribution is -2.58. The van der Waals surface area contributed by atoms with Crippen molar-refractivity contribution >= 4 is 23.9 Å². The van der Waals surface area contributed by atoms with Crippen molar-refractivity contribution in [2.45, 2.75) is 110 Å². The number of hydrogen-bond acceptors (Lipinski definition) is 9. The van der Waals surface area contributed by atoms with Gasteiger partial charge in [-0.2, -0.15) is 0 Å². The summed E-state index contributed by atoms with van der Waals surface area (Å²) in [6, 6.07) is 0. The van der Waals surface area contributed by atoms with Gasteiger partial charge in [0.15, 0.2) is 0 Å². The van der Waals surface area contributed by atoms with Crippen LogP contribution in [-0.2, 0) is 42.9 Å². The van der Waals surface area contributed by atoms with E-state index in [1.54, 1.807) is 13.8 Å². The second kappa shape index (κ2) is 10.6. The quantitative estimate of drug-likeness (QED) is 0.303. The molecule has 3 rings (SSSR count). The Bertz CT molecular complexity index is 982. The van der Waals surface area contributed by atoms with E-state index in [2.05, 4.69) is 13.2 Å². The first kappa shape index (κ1) is 28.9. The number of carbonyl (C=O) groups is 4. The van der Waals surface area contributed by atoms with Gasteiger partial charge in [0.1, 0.15) is 29.5 Å². The first-order valence-electron chi connectivity index (χ1n) is 12.8. The van der Waals surface area contributed by atoms with E-state index >= 15 is 0 Å². The Morgan fingerprint density at radius 2 is 1.54 bits per heavy atom. The van der Waals surface area contributed by atoms with E-state index in [9.17, 15) is 19.2 Å². The minimum absolute atomic E-state index is 0.223. The van der Waals surface area contributed by atoms with Crippen LogP contribution in [0.3, 0.4) is 0 Å². The zero-order chi connectivity index (χ0) is 27.9. The molecule has 8 atom stereocenters. The standard InChI is InChI=1S/C28H40O9/c1-14-12-21-23-15(2)13-22(34-17(4)30)25(27(7,8)36-18(5)31)24(23)26(35-21)28(9,37-19(6)32)11-10-20(14)33-16(3)29/h20-26H,1-2,10-13H2,3-9H3/t20-,21-,22+,23+,24-,25-,26+,28+/m0/s1. The summed E-state index contributed by atoms with van der Waals surface area (Å²) in [5.74, 6) is -2.85. The molecule has 0 aromatic carbocycles. The molecule has 2 aliphatic heterocycles. The van der Waals surface area contributed by atoms with Crippen LogP contribution in [0.15, 0.2) is 24.3 Å². The summed E-state index contributed by atoms with van der Waals surface area (Å²) in [7, 11) is 0. The van der Waals surface area contributed by atoms with Crippen LogP contribution in [0.5, 0.6) is 0 Å². The first-order chi connectivity index (χ1) is 17.1. The molecule has 1 saturated carbocycles. The summed E-state index contributed by atoms with van der Waals surface area (Å²) in [6.07, 6.45) is -0.704. The molecular formula is C28H40O9. The number of rotatable bonds is 5. The smallest absolute Gasteiger partial charge is 0.303 e. The van der Waals surface area contributed by atoms with Crippen molar-refractivity contribution in [3.05, 3.63) is 24.3 Å². The maximum absolute atomic E-state index is 12.3. The van der Waals surface area contributed by atoms with Gasteiger partial charge in [0.2, 0.25) is 0 Å². The topological polar surface area (TPSA) is 114 Å². The Kier molecular flexibility index (Phi) is 8.27. The third-order valence-corrected chi connectivity index (χ3v) is 7.87. The molecule has 9 heteroatoms. The Morgan fingerprint density at radius 1 is 0.919 bits per heavy atom. The van der Waals surface area contributed by atoms with Gasteiger partial charge in [0.25, 0.3) is 0 Å². The lowest BCUT2D eigenvalue weighted by atomic mass is 9.58. The second-order valence-corrected chi connectivity index (χ2v) is 11.3. The van der Waals surface area contributed by atoms with Crippen LogP contribution >= 0.6 is 0 Å². The maximum Gasteiger partial charge on any atom is 0.303 e. The van der Waals surface area contributed by atoms with Gasteiger partial charge in [-0.05, 0) is 45.6 Å². The van der Waals surface area contributed by atoms with Gasteiger partial charge >= 0.3 is 23.9 Å². The minimum Gasteiger partial charge on any atom is -0.462 e. The molecule has 1 aliphatic carbocycles. The predicted octanol–water partition coefficient (Wildman–Crippen LogP) is 3.83. The summed E-state index contributed by atoms with van der Waals surface area (Å²) in [5.41, 5.74) is -0.612. The van der Waals surface area contributed by atoms with Crippen molar-refractivity contribution in [3.63, 3.8) is 0 Å².